The lowest BCUT2D eigenvalue weighted by molar-refractivity contribution is 0.204. The first-order chi connectivity index (χ1) is 9.24. The Labute approximate surface area is 117 Å². The van der Waals surface area contributed by atoms with Crippen LogP contribution in [0.25, 0.3) is 0 Å². The Morgan fingerprint density at radius 2 is 1.68 bits per heavy atom. The average Bonchev–Trinajstić information content (AvgIpc) is 2.46. The van der Waals surface area contributed by atoms with Crippen molar-refractivity contribution in [3.63, 3.8) is 0 Å². The van der Waals surface area contributed by atoms with Gasteiger partial charge in [-0.25, -0.2) is 0 Å². The molecule has 0 saturated heterocycles. The number of nitrogens with two attached hydrogens (primary N) is 1. The van der Waals surface area contributed by atoms with E-state index in [4.69, 9.17) is 26.8 Å². The van der Waals surface area contributed by atoms with Gasteiger partial charge in [0.2, 0.25) is 0 Å². The topological polar surface area (TPSA) is 44.5 Å². The summed E-state index contributed by atoms with van der Waals surface area (Å²) in [4.78, 5) is 0. The molecular weight excluding hydrogens is 262 g/mol. The van der Waals surface area contributed by atoms with Crippen LogP contribution in [0.15, 0.2) is 48.5 Å². The van der Waals surface area contributed by atoms with Gasteiger partial charge < -0.3 is 15.2 Å². The standard InChI is InChI=1S/C15H16ClNO2/c1-18-13-4-2-3-5-14(13)19-15(10-17)11-6-8-12(16)9-7-11/h2-9,15H,10,17H2,1H3. The summed E-state index contributed by atoms with van der Waals surface area (Å²) in [7, 11) is 1.61. The molecule has 0 fully saturated rings. The Kier molecular flexibility index (Phi) is 4.66. The van der Waals surface area contributed by atoms with Crippen LogP contribution in [0.2, 0.25) is 5.02 Å². The van der Waals surface area contributed by atoms with E-state index in [-0.39, 0.29) is 6.10 Å². The van der Waals surface area contributed by atoms with Crippen LogP contribution in [0, 0.1) is 0 Å². The molecule has 0 aliphatic carbocycles. The van der Waals surface area contributed by atoms with Crippen LogP contribution in [-0.4, -0.2) is 13.7 Å². The first-order valence-corrected chi connectivity index (χ1v) is 6.37. The average molecular weight is 278 g/mol. The molecular formula is C15H16ClNO2. The van der Waals surface area contributed by atoms with Gasteiger partial charge in [-0.2, -0.15) is 0 Å². The summed E-state index contributed by atoms with van der Waals surface area (Å²) in [6, 6.07) is 15.0. The smallest absolute Gasteiger partial charge is 0.162 e. The first-order valence-electron chi connectivity index (χ1n) is 6.00. The number of rotatable bonds is 5. The third-order valence-corrected chi connectivity index (χ3v) is 3.05. The molecule has 0 spiro atoms. The van der Waals surface area contributed by atoms with E-state index in [0.29, 0.717) is 23.1 Å². The van der Waals surface area contributed by atoms with E-state index in [2.05, 4.69) is 0 Å². The Hall–Kier alpha value is -1.71. The normalized spacial score (nSPS) is 11.9. The zero-order valence-electron chi connectivity index (χ0n) is 10.7. The van der Waals surface area contributed by atoms with Crippen molar-refractivity contribution in [3.05, 3.63) is 59.1 Å². The number of methoxy groups -OCH3 is 1. The van der Waals surface area contributed by atoms with Crippen molar-refractivity contribution in [1.82, 2.24) is 0 Å². The summed E-state index contributed by atoms with van der Waals surface area (Å²) in [5.41, 5.74) is 6.77. The number of halogens is 1. The molecule has 4 heteroatoms. The highest BCUT2D eigenvalue weighted by Crippen LogP contribution is 2.30. The van der Waals surface area contributed by atoms with Crippen LogP contribution in [0.4, 0.5) is 0 Å². The van der Waals surface area contributed by atoms with Crippen LogP contribution >= 0.6 is 11.6 Å². The number of hydrogen-bond donors (Lipinski definition) is 1. The first kappa shape index (κ1) is 13.7. The van der Waals surface area contributed by atoms with Gasteiger partial charge in [-0.1, -0.05) is 35.9 Å². The summed E-state index contributed by atoms with van der Waals surface area (Å²) < 4.78 is 11.2. The van der Waals surface area contributed by atoms with Crippen molar-refractivity contribution < 1.29 is 9.47 Å². The quantitative estimate of drug-likeness (QED) is 0.911. The number of hydrogen-bond acceptors (Lipinski definition) is 3. The number of ether oxygens (including phenoxy) is 2. The van der Waals surface area contributed by atoms with Crippen LogP contribution in [0.5, 0.6) is 11.5 Å². The third-order valence-electron chi connectivity index (χ3n) is 2.79. The predicted molar refractivity (Wildman–Crippen MR) is 76.9 cm³/mol. The SMILES string of the molecule is COc1ccccc1OC(CN)c1ccc(Cl)cc1. The Bertz CT molecular complexity index is 528. The van der Waals surface area contributed by atoms with Gasteiger partial charge in [0.15, 0.2) is 11.5 Å². The summed E-state index contributed by atoms with van der Waals surface area (Å²) in [6.07, 6.45) is -0.228. The van der Waals surface area contributed by atoms with Gasteiger partial charge in [0.05, 0.1) is 7.11 Å². The van der Waals surface area contributed by atoms with E-state index in [1.807, 2.05) is 48.5 Å². The molecule has 0 saturated carbocycles. The van der Waals surface area contributed by atoms with E-state index in [1.165, 1.54) is 0 Å². The molecule has 0 amide bonds. The fourth-order valence-electron chi connectivity index (χ4n) is 1.80. The second kappa shape index (κ2) is 6.45. The Balaban J connectivity index is 2.21. The minimum absolute atomic E-state index is 0.228. The molecule has 0 aliphatic heterocycles. The molecule has 1 unspecified atom stereocenters. The molecule has 2 aromatic carbocycles. The summed E-state index contributed by atoms with van der Waals surface area (Å²) in [5.74, 6) is 1.37. The van der Waals surface area contributed by atoms with Crippen molar-refractivity contribution in [2.24, 2.45) is 5.73 Å². The molecule has 1 atom stereocenters. The highest BCUT2D eigenvalue weighted by atomic mass is 35.5. The minimum atomic E-state index is -0.228. The van der Waals surface area contributed by atoms with Crippen LogP contribution in [-0.2, 0) is 0 Å². The van der Waals surface area contributed by atoms with Gasteiger partial charge in [0.1, 0.15) is 6.10 Å². The van der Waals surface area contributed by atoms with Crippen LogP contribution in [0.3, 0.4) is 0 Å². The highest BCUT2D eigenvalue weighted by Gasteiger charge is 2.13. The van der Waals surface area contributed by atoms with Gasteiger partial charge in [-0.05, 0) is 29.8 Å². The molecule has 3 nitrogen and oxygen atoms in total. The van der Waals surface area contributed by atoms with Gasteiger partial charge in [-0.15, -0.1) is 0 Å². The Morgan fingerprint density at radius 1 is 1.05 bits per heavy atom. The summed E-state index contributed by atoms with van der Waals surface area (Å²) in [6.45, 7) is 0.375. The van der Waals surface area contributed by atoms with Gasteiger partial charge in [0.25, 0.3) is 0 Å². The van der Waals surface area contributed by atoms with E-state index in [9.17, 15) is 0 Å². The molecule has 0 radical (unpaired) electrons. The number of para-hydroxylation sites is 2. The van der Waals surface area contributed by atoms with E-state index in [0.717, 1.165) is 5.56 Å². The molecule has 0 aromatic heterocycles. The minimum Gasteiger partial charge on any atom is -0.493 e. The van der Waals surface area contributed by atoms with Crippen LogP contribution in [0.1, 0.15) is 11.7 Å². The zero-order chi connectivity index (χ0) is 13.7. The van der Waals surface area contributed by atoms with Gasteiger partial charge >= 0.3 is 0 Å². The second-order valence-electron chi connectivity index (χ2n) is 4.04. The lowest BCUT2D eigenvalue weighted by Gasteiger charge is -2.19. The predicted octanol–water partition coefficient (Wildman–Crippen LogP) is 3.43. The zero-order valence-corrected chi connectivity index (χ0v) is 11.4. The van der Waals surface area contributed by atoms with Gasteiger partial charge in [-0.3, -0.25) is 0 Å². The van der Waals surface area contributed by atoms with E-state index < -0.39 is 0 Å². The van der Waals surface area contributed by atoms with Gasteiger partial charge in [0, 0.05) is 11.6 Å². The van der Waals surface area contributed by atoms with E-state index in [1.54, 1.807) is 7.11 Å². The largest absolute Gasteiger partial charge is 0.493 e. The fraction of sp³-hybridized carbons (Fsp3) is 0.200. The van der Waals surface area contributed by atoms with E-state index >= 15 is 0 Å². The third kappa shape index (κ3) is 3.40. The van der Waals surface area contributed by atoms with Crippen molar-refractivity contribution in [2.75, 3.05) is 13.7 Å². The summed E-state index contributed by atoms with van der Waals surface area (Å²) >= 11 is 5.88. The molecule has 2 N–H and O–H groups in total. The second-order valence-corrected chi connectivity index (χ2v) is 4.48. The monoisotopic (exact) mass is 277 g/mol. The highest BCUT2D eigenvalue weighted by molar-refractivity contribution is 6.30. The molecule has 2 rings (SSSR count). The molecule has 0 aliphatic rings. The Morgan fingerprint density at radius 3 is 2.26 bits per heavy atom. The molecule has 2 aromatic rings. The van der Waals surface area contributed by atoms with Crippen LogP contribution < -0.4 is 15.2 Å². The van der Waals surface area contributed by atoms with Crippen molar-refractivity contribution in [3.8, 4) is 11.5 Å². The number of benzene rings is 2. The molecule has 0 bridgehead atoms. The molecule has 0 heterocycles. The van der Waals surface area contributed by atoms with Crippen molar-refractivity contribution in [1.29, 1.82) is 0 Å². The van der Waals surface area contributed by atoms with Crippen molar-refractivity contribution in [2.45, 2.75) is 6.10 Å². The molecule has 19 heavy (non-hydrogen) atoms. The summed E-state index contributed by atoms with van der Waals surface area (Å²) in [5, 5.41) is 0.691. The van der Waals surface area contributed by atoms with Crippen molar-refractivity contribution >= 4 is 11.6 Å². The maximum atomic E-state index is 5.92. The maximum absolute atomic E-state index is 5.92. The molecule has 100 valence electrons. The lowest BCUT2D eigenvalue weighted by Crippen LogP contribution is -2.18. The maximum Gasteiger partial charge on any atom is 0.162 e. The lowest BCUT2D eigenvalue weighted by atomic mass is 10.1. The fourth-order valence-corrected chi connectivity index (χ4v) is 1.93.